The highest BCUT2D eigenvalue weighted by Gasteiger charge is 2.40. The summed E-state index contributed by atoms with van der Waals surface area (Å²) in [4.78, 5) is 0. The van der Waals surface area contributed by atoms with E-state index < -0.39 is 0 Å². The van der Waals surface area contributed by atoms with Crippen LogP contribution in [0.2, 0.25) is 0 Å². The molecule has 6 aliphatic carbocycles. The first-order valence-corrected chi connectivity index (χ1v) is 23.9. The second kappa shape index (κ2) is 17.6. The van der Waals surface area contributed by atoms with Crippen molar-refractivity contribution in [3.05, 3.63) is 177 Å². The number of rotatable bonds is 0. The minimum Gasteiger partial charge on any atom is -0.493 e. The van der Waals surface area contributed by atoms with Gasteiger partial charge in [-0.15, -0.1) is 0 Å². The van der Waals surface area contributed by atoms with Gasteiger partial charge in [0.1, 0.15) is 18.1 Å². The normalized spacial score (nSPS) is 26.4. The Hall–Kier alpha value is -5.70. The minimum atomic E-state index is 0.380. The predicted octanol–water partition coefficient (Wildman–Crippen LogP) is 15.7. The lowest BCUT2D eigenvalue weighted by Gasteiger charge is -2.44. The van der Waals surface area contributed by atoms with Gasteiger partial charge >= 0.3 is 0 Å². The highest BCUT2D eigenvalue weighted by Crippen LogP contribution is 2.53. The van der Waals surface area contributed by atoms with Gasteiger partial charge in [-0.3, -0.25) is 0 Å². The Balaban J connectivity index is 0.00000226. The third-order valence-electron chi connectivity index (χ3n) is 15.1. The van der Waals surface area contributed by atoms with Crippen molar-refractivity contribution in [2.75, 3.05) is 13.2 Å². The van der Waals surface area contributed by atoms with Gasteiger partial charge in [-0.2, -0.15) is 0 Å². The molecule has 16 rings (SSSR count). The van der Waals surface area contributed by atoms with Crippen LogP contribution in [-0.2, 0) is 0 Å². The summed E-state index contributed by atoms with van der Waals surface area (Å²) in [5.74, 6) is 5.27. The quantitative estimate of drug-likeness (QED) is 0.130. The Morgan fingerprint density at radius 2 is 1.11 bits per heavy atom. The second-order valence-electron chi connectivity index (χ2n) is 18.6. The lowest BCUT2D eigenvalue weighted by atomic mass is 9.60. The molecule has 62 heavy (non-hydrogen) atoms. The zero-order chi connectivity index (χ0) is 42.2. The molecule has 1 fully saturated rings. The minimum absolute atomic E-state index is 0.380. The molecule has 2 heteroatoms. The average Bonchev–Trinajstić information content (AvgIpc) is 3.33. The zero-order valence-electron chi connectivity index (χ0n) is 37.2. The van der Waals surface area contributed by atoms with Crippen molar-refractivity contribution in [3.8, 4) is 22.6 Å². The van der Waals surface area contributed by atoms with Crippen molar-refractivity contribution in [1.29, 1.82) is 0 Å². The first-order chi connectivity index (χ1) is 30.6. The summed E-state index contributed by atoms with van der Waals surface area (Å²) in [5.41, 5.74) is 27.5. The topological polar surface area (TPSA) is 18.5 Å². The lowest BCUT2D eigenvalue weighted by Crippen LogP contribution is -2.32. The maximum Gasteiger partial charge on any atom is 0.128 e. The van der Waals surface area contributed by atoms with Crippen LogP contribution in [0.4, 0.5) is 0 Å². The van der Waals surface area contributed by atoms with Gasteiger partial charge < -0.3 is 9.47 Å². The van der Waals surface area contributed by atoms with Crippen LogP contribution in [-0.4, -0.2) is 13.2 Å². The number of hydrogen-bond donors (Lipinski definition) is 0. The summed E-state index contributed by atoms with van der Waals surface area (Å²) in [6.45, 7) is 10.1. The molecule has 2 nitrogen and oxygen atoms in total. The summed E-state index contributed by atoms with van der Waals surface area (Å²) in [7, 11) is 0. The van der Waals surface area contributed by atoms with Gasteiger partial charge in [-0.1, -0.05) is 146 Å². The molecule has 4 aromatic rings. The molecule has 4 aromatic carbocycles. The van der Waals surface area contributed by atoms with Crippen LogP contribution in [0, 0.1) is 35.5 Å². The smallest absolute Gasteiger partial charge is 0.128 e. The molecule has 0 aromatic heterocycles. The predicted molar refractivity (Wildman–Crippen MR) is 257 cm³/mol. The molecule has 6 aliphatic heterocycles. The Bertz CT molecular complexity index is 2810. The van der Waals surface area contributed by atoms with E-state index in [1.165, 1.54) is 85.9 Å². The Morgan fingerprint density at radius 3 is 1.73 bits per heavy atom. The van der Waals surface area contributed by atoms with Gasteiger partial charge in [-0.25, -0.2) is 0 Å². The Kier molecular flexibility index (Phi) is 11.5. The fourth-order valence-electron chi connectivity index (χ4n) is 11.9. The third-order valence-corrected chi connectivity index (χ3v) is 15.1. The highest BCUT2D eigenvalue weighted by atomic mass is 16.5. The second-order valence-corrected chi connectivity index (χ2v) is 18.6. The molecule has 0 saturated heterocycles. The van der Waals surface area contributed by atoms with Crippen LogP contribution in [0.25, 0.3) is 32.7 Å². The number of hydrogen-bond acceptors (Lipinski definition) is 2. The van der Waals surface area contributed by atoms with E-state index in [1.807, 2.05) is 13.8 Å². The molecule has 8 bridgehead atoms. The van der Waals surface area contributed by atoms with Crippen molar-refractivity contribution in [1.82, 2.24) is 0 Å². The van der Waals surface area contributed by atoms with Crippen molar-refractivity contribution in [2.24, 2.45) is 35.5 Å². The molecule has 4 unspecified atom stereocenters. The van der Waals surface area contributed by atoms with E-state index in [0.29, 0.717) is 42.1 Å². The first kappa shape index (κ1) is 40.4. The van der Waals surface area contributed by atoms with Crippen molar-refractivity contribution < 1.29 is 9.47 Å². The molecule has 0 amide bonds. The van der Waals surface area contributed by atoms with Crippen LogP contribution < -0.4 is 9.47 Å². The number of benzene rings is 4. The summed E-state index contributed by atoms with van der Waals surface area (Å²) in [6.07, 6.45) is 26.3. The van der Waals surface area contributed by atoms with Gasteiger partial charge in [-0.05, 0) is 146 Å². The molecule has 6 heterocycles. The number of ether oxygens (including phenoxy) is 2. The van der Waals surface area contributed by atoms with E-state index in [-0.39, 0.29) is 0 Å². The van der Waals surface area contributed by atoms with Crippen LogP contribution in [0.1, 0.15) is 91.9 Å². The lowest BCUT2D eigenvalue weighted by molar-refractivity contribution is 0.191. The van der Waals surface area contributed by atoms with Crippen LogP contribution in [0.15, 0.2) is 177 Å². The van der Waals surface area contributed by atoms with Gasteiger partial charge in [0.05, 0.1) is 6.61 Å². The fourth-order valence-corrected chi connectivity index (χ4v) is 11.9. The molecular formula is C60H60O2. The highest BCUT2D eigenvalue weighted by molar-refractivity contribution is 6.09. The van der Waals surface area contributed by atoms with E-state index in [4.69, 9.17) is 9.47 Å². The first-order valence-electron chi connectivity index (χ1n) is 23.9. The van der Waals surface area contributed by atoms with Crippen LogP contribution >= 0.6 is 0 Å². The molecule has 12 aliphatic rings. The van der Waals surface area contributed by atoms with Gasteiger partial charge in [0.2, 0.25) is 0 Å². The molecule has 0 N–H and O–H groups in total. The molecule has 0 radical (unpaired) electrons. The maximum absolute atomic E-state index is 6.98. The van der Waals surface area contributed by atoms with E-state index in [1.54, 1.807) is 22.3 Å². The molecule has 4 atom stereocenters. The Labute approximate surface area is 369 Å². The van der Waals surface area contributed by atoms with Gasteiger partial charge in [0, 0.05) is 45.3 Å². The summed E-state index contributed by atoms with van der Waals surface area (Å²) < 4.78 is 13.8. The largest absolute Gasteiger partial charge is 0.493 e. The number of allylic oxidation sites excluding steroid dienone is 12. The maximum atomic E-state index is 6.98. The summed E-state index contributed by atoms with van der Waals surface area (Å²) in [5, 5.41) is 4.70. The van der Waals surface area contributed by atoms with Crippen LogP contribution in [0.5, 0.6) is 11.5 Å². The van der Waals surface area contributed by atoms with Crippen molar-refractivity contribution >= 4 is 21.5 Å². The van der Waals surface area contributed by atoms with Gasteiger partial charge in [0.25, 0.3) is 0 Å². The number of fused-ring (bicyclic) bond motifs is 3. The van der Waals surface area contributed by atoms with E-state index >= 15 is 0 Å². The SMILES string of the molecule is CC.CC1CCC2C3=C=C=C(C=C3)C3=C=C=C(C=C3)COc3ccc4ccccc4c3-c3c(ccc4ccccc34)OCC3CCC(CC3)C3=CC=C(CC3)C3CCC(C)C1=C23. The average molecular weight is 813 g/mol. The van der Waals surface area contributed by atoms with E-state index in [0.717, 1.165) is 51.3 Å². The molecular weight excluding hydrogens is 753 g/mol. The molecule has 0 spiro atoms. The van der Waals surface area contributed by atoms with E-state index in [9.17, 15) is 0 Å². The van der Waals surface area contributed by atoms with Crippen LogP contribution in [0.3, 0.4) is 0 Å². The van der Waals surface area contributed by atoms with E-state index in [2.05, 4.69) is 146 Å². The zero-order valence-corrected chi connectivity index (χ0v) is 37.2. The van der Waals surface area contributed by atoms with Crippen molar-refractivity contribution in [3.63, 3.8) is 0 Å². The monoisotopic (exact) mass is 812 g/mol. The van der Waals surface area contributed by atoms with Crippen molar-refractivity contribution in [2.45, 2.75) is 91.9 Å². The fraction of sp³-hybridized carbons (Fsp3) is 0.367. The van der Waals surface area contributed by atoms with Gasteiger partial charge in [0.15, 0.2) is 0 Å². The Morgan fingerprint density at radius 1 is 0.516 bits per heavy atom. The standard InChI is InChI=1S/C58H54O2.C2H6/c1-37-11-31-51-47-25-21-43(22-26-47)41-17-13-39(14-18-41)35-59-53-33-29-45-7-3-5-9-49(45)57(53)58-50-10-6-4-8-46(50)30-34-54(58)60-36-40-15-19-42(20-16-40)44-23-27-48(28-24-44)52-32-12-38(2)55(37)56(51)52;1-2/h3-10,13,17,21,23,25,27,29-30,33-34,37-38,40,42,51-52H,11-12,15-16,19-20,24,28,31-32,35-36H2,1-2H3;1-2H3. The summed E-state index contributed by atoms with van der Waals surface area (Å²) >= 11 is 0. The third kappa shape index (κ3) is 7.62. The molecule has 312 valence electrons. The summed E-state index contributed by atoms with van der Waals surface area (Å²) in [6, 6.07) is 26.0. The molecule has 1 saturated carbocycles.